The van der Waals surface area contributed by atoms with Gasteiger partial charge < -0.3 is 20.7 Å². The van der Waals surface area contributed by atoms with Gasteiger partial charge in [0, 0.05) is 11.4 Å². The van der Waals surface area contributed by atoms with Crippen LogP contribution in [-0.4, -0.2) is 18.5 Å². The van der Waals surface area contributed by atoms with Crippen molar-refractivity contribution in [2.45, 2.75) is 19.9 Å². The Balaban J connectivity index is 1.86. The number of amides is 3. The smallest absolute Gasteiger partial charge is 0.319 e. The van der Waals surface area contributed by atoms with E-state index in [2.05, 4.69) is 16.0 Å². The molecule has 0 fully saturated rings. The van der Waals surface area contributed by atoms with Crippen LogP contribution in [0, 0.1) is 5.82 Å². The van der Waals surface area contributed by atoms with Gasteiger partial charge in [0.25, 0.3) is 5.91 Å². The van der Waals surface area contributed by atoms with Crippen LogP contribution in [0.5, 0.6) is 5.75 Å². The lowest BCUT2D eigenvalue weighted by molar-refractivity contribution is -0.113. The normalized spacial score (nSPS) is 16.4. The van der Waals surface area contributed by atoms with Crippen LogP contribution in [-0.2, 0) is 4.79 Å². The van der Waals surface area contributed by atoms with Crippen molar-refractivity contribution in [1.29, 1.82) is 0 Å². The van der Waals surface area contributed by atoms with E-state index >= 15 is 0 Å². The van der Waals surface area contributed by atoms with Gasteiger partial charge in [-0.3, -0.25) is 4.79 Å². The van der Waals surface area contributed by atoms with Crippen molar-refractivity contribution >= 4 is 17.6 Å². The fourth-order valence-corrected chi connectivity index (χ4v) is 2.90. The van der Waals surface area contributed by atoms with E-state index in [9.17, 15) is 14.0 Å². The number of hydrogen-bond acceptors (Lipinski definition) is 3. The fourth-order valence-electron chi connectivity index (χ4n) is 2.90. The minimum Gasteiger partial charge on any atom is -0.494 e. The third-order valence-electron chi connectivity index (χ3n) is 4.14. The maximum absolute atomic E-state index is 13.2. The summed E-state index contributed by atoms with van der Waals surface area (Å²) in [4.78, 5) is 24.8. The zero-order chi connectivity index (χ0) is 19.4. The number of halogens is 1. The molecule has 7 heteroatoms. The molecule has 6 nitrogen and oxygen atoms in total. The molecule has 1 atom stereocenters. The molecule has 0 radical (unpaired) electrons. The number of allylic oxidation sites excluding steroid dienone is 1. The molecule has 3 N–H and O–H groups in total. The van der Waals surface area contributed by atoms with E-state index < -0.39 is 12.1 Å². The molecule has 1 aliphatic heterocycles. The predicted octanol–water partition coefficient (Wildman–Crippen LogP) is 3.49. The summed E-state index contributed by atoms with van der Waals surface area (Å²) in [7, 11) is 0. The standard InChI is InChI=1S/C20H20FN3O3/c1-3-27-16-10-8-15(9-11-16)23-19(25)17-12(2)22-20(26)24-18(17)13-4-6-14(21)7-5-13/h4-11,18H,3H2,1-2H3,(H,23,25)(H2,22,24,26)/t18-/m0/s1. The Bertz CT molecular complexity index is 876. The first-order chi connectivity index (χ1) is 13.0. The molecule has 3 amide bonds. The summed E-state index contributed by atoms with van der Waals surface area (Å²) < 4.78 is 18.6. The number of ether oxygens (including phenoxy) is 1. The number of rotatable bonds is 5. The van der Waals surface area contributed by atoms with E-state index in [4.69, 9.17) is 4.74 Å². The molecule has 2 aromatic rings. The quantitative estimate of drug-likeness (QED) is 0.755. The van der Waals surface area contributed by atoms with Crippen molar-refractivity contribution < 1.29 is 18.7 Å². The van der Waals surface area contributed by atoms with Gasteiger partial charge in [0.15, 0.2) is 0 Å². The lowest BCUT2D eigenvalue weighted by Gasteiger charge is -2.28. The Labute approximate surface area is 156 Å². The molecule has 2 aromatic carbocycles. The zero-order valence-electron chi connectivity index (χ0n) is 15.0. The summed E-state index contributed by atoms with van der Waals surface area (Å²) in [5.41, 5.74) is 2.01. The van der Waals surface area contributed by atoms with Crippen LogP contribution < -0.4 is 20.7 Å². The van der Waals surface area contributed by atoms with E-state index in [1.165, 1.54) is 12.1 Å². The van der Waals surface area contributed by atoms with Crippen molar-refractivity contribution in [3.63, 3.8) is 0 Å². The summed E-state index contributed by atoms with van der Waals surface area (Å²) in [5.74, 6) is -0.0414. The van der Waals surface area contributed by atoms with Crippen molar-refractivity contribution in [2.24, 2.45) is 0 Å². The second-order valence-corrected chi connectivity index (χ2v) is 6.03. The second-order valence-electron chi connectivity index (χ2n) is 6.03. The number of benzene rings is 2. The average Bonchev–Trinajstić information content (AvgIpc) is 2.63. The van der Waals surface area contributed by atoms with Gasteiger partial charge in [0.2, 0.25) is 0 Å². The van der Waals surface area contributed by atoms with Crippen LogP contribution in [0.15, 0.2) is 59.8 Å². The number of hydrogen-bond donors (Lipinski definition) is 3. The first-order valence-electron chi connectivity index (χ1n) is 8.56. The minimum absolute atomic E-state index is 0.357. The maximum atomic E-state index is 13.2. The van der Waals surface area contributed by atoms with E-state index in [0.717, 1.165) is 0 Å². The number of urea groups is 1. The minimum atomic E-state index is -0.679. The van der Waals surface area contributed by atoms with Gasteiger partial charge in [-0.15, -0.1) is 0 Å². The topological polar surface area (TPSA) is 79.5 Å². The Morgan fingerprint density at radius 3 is 2.44 bits per heavy atom. The first kappa shape index (κ1) is 18.4. The maximum Gasteiger partial charge on any atom is 0.319 e. The van der Waals surface area contributed by atoms with Crippen molar-refractivity contribution in [1.82, 2.24) is 10.6 Å². The molecule has 0 saturated heterocycles. The summed E-state index contributed by atoms with van der Waals surface area (Å²) in [5, 5.41) is 8.14. The molecule has 3 rings (SSSR count). The Morgan fingerprint density at radius 2 is 1.81 bits per heavy atom. The van der Waals surface area contributed by atoms with Gasteiger partial charge in [0.1, 0.15) is 11.6 Å². The molecule has 0 spiro atoms. The fraction of sp³-hybridized carbons (Fsp3) is 0.200. The number of carbonyl (C=O) groups excluding carboxylic acids is 2. The number of anilines is 1. The van der Waals surface area contributed by atoms with Gasteiger partial charge in [-0.1, -0.05) is 12.1 Å². The molecular formula is C20H20FN3O3. The van der Waals surface area contributed by atoms with Gasteiger partial charge in [-0.25, -0.2) is 9.18 Å². The van der Waals surface area contributed by atoms with E-state index in [1.807, 2.05) is 6.92 Å². The van der Waals surface area contributed by atoms with Crippen LogP contribution in [0.3, 0.4) is 0 Å². The van der Waals surface area contributed by atoms with Crippen molar-refractivity contribution in [3.8, 4) is 5.75 Å². The molecule has 27 heavy (non-hydrogen) atoms. The number of carbonyl (C=O) groups is 2. The molecule has 0 aromatic heterocycles. The summed E-state index contributed by atoms with van der Waals surface area (Å²) in [6, 6.07) is 11.6. The summed E-state index contributed by atoms with van der Waals surface area (Å²) in [6.45, 7) is 4.11. The van der Waals surface area contributed by atoms with E-state index in [1.54, 1.807) is 43.3 Å². The Kier molecular flexibility index (Phi) is 5.40. The lowest BCUT2D eigenvalue weighted by atomic mass is 9.95. The van der Waals surface area contributed by atoms with Crippen LogP contribution >= 0.6 is 0 Å². The van der Waals surface area contributed by atoms with Gasteiger partial charge in [0.05, 0.1) is 18.2 Å². The molecule has 140 valence electrons. The van der Waals surface area contributed by atoms with Gasteiger partial charge in [-0.05, 0) is 55.8 Å². The number of nitrogens with one attached hydrogen (secondary N) is 3. The zero-order valence-corrected chi connectivity index (χ0v) is 15.0. The van der Waals surface area contributed by atoms with Gasteiger partial charge in [-0.2, -0.15) is 0 Å². The summed E-state index contributed by atoms with van der Waals surface area (Å²) >= 11 is 0. The molecule has 1 heterocycles. The van der Waals surface area contributed by atoms with Crippen LogP contribution in [0.2, 0.25) is 0 Å². The Morgan fingerprint density at radius 1 is 1.15 bits per heavy atom. The third kappa shape index (κ3) is 4.25. The lowest BCUT2D eigenvalue weighted by Crippen LogP contribution is -2.45. The molecule has 1 aliphatic rings. The highest BCUT2D eigenvalue weighted by molar-refractivity contribution is 6.06. The molecule has 0 unspecified atom stereocenters. The first-order valence-corrected chi connectivity index (χ1v) is 8.56. The molecule has 0 aliphatic carbocycles. The van der Waals surface area contributed by atoms with Crippen molar-refractivity contribution in [2.75, 3.05) is 11.9 Å². The van der Waals surface area contributed by atoms with Gasteiger partial charge >= 0.3 is 6.03 Å². The Hall–Kier alpha value is -3.35. The highest BCUT2D eigenvalue weighted by Gasteiger charge is 2.31. The second kappa shape index (κ2) is 7.90. The molecule has 0 bridgehead atoms. The average molecular weight is 369 g/mol. The SMILES string of the molecule is CCOc1ccc(NC(=O)C2=C(C)NC(=O)N[C@H]2c2ccc(F)cc2)cc1. The van der Waals surface area contributed by atoms with Crippen molar-refractivity contribution in [3.05, 3.63) is 71.2 Å². The largest absolute Gasteiger partial charge is 0.494 e. The molecular weight excluding hydrogens is 349 g/mol. The third-order valence-corrected chi connectivity index (χ3v) is 4.14. The van der Waals surface area contributed by atoms with E-state index in [-0.39, 0.29) is 11.7 Å². The van der Waals surface area contributed by atoms with Crippen LogP contribution in [0.4, 0.5) is 14.9 Å². The molecule has 0 saturated carbocycles. The monoisotopic (exact) mass is 369 g/mol. The highest BCUT2D eigenvalue weighted by atomic mass is 19.1. The predicted molar refractivity (Wildman–Crippen MR) is 99.7 cm³/mol. The van der Waals surface area contributed by atoms with Crippen LogP contribution in [0.25, 0.3) is 0 Å². The highest BCUT2D eigenvalue weighted by Crippen LogP contribution is 2.28. The van der Waals surface area contributed by atoms with E-state index in [0.29, 0.717) is 34.9 Å². The van der Waals surface area contributed by atoms with Crippen LogP contribution in [0.1, 0.15) is 25.5 Å². The summed E-state index contributed by atoms with van der Waals surface area (Å²) in [6.07, 6.45) is 0.